The molecule has 2 heterocycles. The number of pyridine rings is 2. The van der Waals surface area contributed by atoms with E-state index in [2.05, 4.69) is 52.5 Å². The van der Waals surface area contributed by atoms with Crippen molar-refractivity contribution >= 4 is 69.5 Å². The molecule has 0 bridgehead atoms. The van der Waals surface area contributed by atoms with Gasteiger partial charge >= 0.3 is 29.6 Å². The van der Waals surface area contributed by atoms with E-state index in [1.54, 1.807) is 38.1 Å². The average molecular weight is 743 g/mol. The summed E-state index contributed by atoms with van der Waals surface area (Å²) >= 11 is 6.31. The van der Waals surface area contributed by atoms with Crippen molar-refractivity contribution in [1.82, 2.24) is 9.97 Å². The molecule has 8 nitrogen and oxygen atoms in total. The van der Waals surface area contributed by atoms with Crippen LogP contribution in [0.1, 0.15) is 51.3 Å². The fraction of sp³-hybridized carbons (Fsp3) is 0.167. The first-order chi connectivity index (χ1) is 19.9. The van der Waals surface area contributed by atoms with E-state index in [9.17, 15) is 28.3 Å². The van der Waals surface area contributed by atoms with Gasteiger partial charge in [0.2, 0.25) is 11.8 Å². The molecule has 3 unspecified atom stereocenters. The summed E-state index contributed by atoms with van der Waals surface area (Å²) in [5.41, 5.74) is 1.88. The summed E-state index contributed by atoms with van der Waals surface area (Å²) in [6, 6.07) is 17.3. The number of rotatable bonds is 8. The Balaban J connectivity index is -0.000000745. The number of nitrogens with zero attached hydrogens (tertiary/aromatic N) is 2. The minimum atomic E-state index is -0.891. The van der Waals surface area contributed by atoms with Crippen LogP contribution in [-0.4, -0.2) is 50.7 Å². The van der Waals surface area contributed by atoms with Crippen LogP contribution in [0.25, 0.3) is 0 Å². The third-order valence-electron chi connectivity index (χ3n) is 5.65. The van der Waals surface area contributed by atoms with Gasteiger partial charge in [-0.15, -0.1) is 0 Å². The van der Waals surface area contributed by atoms with Gasteiger partial charge in [0.1, 0.15) is 29.4 Å². The molecule has 3 atom stereocenters. The molecule has 4 rings (SSSR count). The predicted molar refractivity (Wildman–Crippen MR) is 174 cm³/mol. The van der Waals surface area contributed by atoms with Crippen LogP contribution in [-0.2, 0) is 9.59 Å². The Bertz CT molecular complexity index is 1530. The van der Waals surface area contributed by atoms with E-state index >= 15 is 0 Å². The van der Waals surface area contributed by atoms with Crippen LogP contribution in [0.15, 0.2) is 85.2 Å². The Morgan fingerprint density at radius 1 is 0.727 bits per heavy atom. The topological polar surface area (TPSA) is 121 Å². The van der Waals surface area contributed by atoms with Crippen molar-refractivity contribution in [3.05, 3.63) is 119 Å². The van der Waals surface area contributed by atoms with Crippen LogP contribution in [0.5, 0.6) is 0 Å². The molecule has 0 aliphatic heterocycles. The molecule has 44 heavy (non-hydrogen) atoms. The van der Waals surface area contributed by atoms with Crippen LogP contribution in [0.2, 0.25) is 0 Å². The van der Waals surface area contributed by atoms with Crippen LogP contribution in [0.3, 0.4) is 0 Å². The standard InChI is InChI=1S/C15H14BrFN2O2.C15H12BrFN2O2.B.Na.2H2.H/c2*1-9(16)15(21)19-13-7-4-11(8-18-13)14(20)10-2-5-12(17)6-3-10;;;;;/h2-9,14,20H,1H3,(H,18,19,21);2-9H,1H3,(H,18,19,21);;;2*1H;/q;;;+1;;;-1. The third-order valence-corrected chi connectivity index (χ3v) is 6.48. The van der Waals surface area contributed by atoms with Crippen LogP contribution in [0.4, 0.5) is 20.4 Å². The second kappa shape index (κ2) is 18.9. The molecule has 0 saturated heterocycles. The molecule has 0 aliphatic rings. The van der Waals surface area contributed by atoms with Gasteiger partial charge in [-0.2, -0.15) is 0 Å². The van der Waals surface area contributed by atoms with Gasteiger partial charge in [0.15, 0.2) is 5.78 Å². The number of aliphatic hydroxyl groups excluding tert-OH is 1. The second-order valence-corrected chi connectivity index (χ2v) is 11.7. The van der Waals surface area contributed by atoms with Gasteiger partial charge in [0, 0.05) is 40.4 Å². The first-order valence-electron chi connectivity index (χ1n) is 12.5. The van der Waals surface area contributed by atoms with Crippen LogP contribution < -0.4 is 40.2 Å². The normalized spacial score (nSPS) is 12.1. The smallest absolute Gasteiger partial charge is 1.00 e. The SMILES string of the molecule is CC(Br)C(=O)Nc1ccc(C(=O)c2ccc(F)cc2)cn1.CC(Br)C(=O)Nc1ccc(C(O)c2ccc(F)cc2)cn1.[B].[H-].[HH].[HH].[Na+]. The molecule has 2 aromatic carbocycles. The van der Waals surface area contributed by atoms with Crippen molar-refractivity contribution in [2.24, 2.45) is 0 Å². The van der Waals surface area contributed by atoms with Crippen molar-refractivity contribution in [2.45, 2.75) is 29.6 Å². The molecule has 0 saturated carbocycles. The number of benzene rings is 2. The molecule has 3 radical (unpaired) electrons. The number of alkyl halides is 2. The van der Waals surface area contributed by atoms with E-state index in [4.69, 9.17) is 0 Å². The number of ketones is 1. The van der Waals surface area contributed by atoms with Crippen LogP contribution in [0, 0.1) is 11.6 Å². The van der Waals surface area contributed by atoms with Gasteiger partial charge in [-0.1, -0.05) is 50.1 Å². The maximum absolute atomic E-state index is 12.9. The van der Waals surface area contributed by atoms with Crippen LogP contribution >= 0.6 is 31.9 Å². The Morgan fingerprint density at radius 2 is 1.14 bits per heavy atom. The summed E-state index contributed by atoms with van der Waals surface area (Å²) in [4.78, 5) is 42.6. The molecule has 2 aromatic heterocycles. The summed E-state index contributed by atoms with van der Waals surface area (Å²) in [6.07, 6.45) is 1.96. The van der Waals surface area contributed by atoms with Gasteiger partial charge in [-0.25, -0.2) is 18.7 Å². The zero-order valence-corrected chi connectivity index (χ0v) is 29.1. The van der Waals surface area contributed by atoms with Gasteiger partial charge in [0.05, 0.1) is 9.65 Å². The first kappa shape index (κ1) is 39.2. The van der Waals surface area contributed by atoms with Gasteiger partial charge in [-0.05, 0) is 74.0 Å². The summed E-state index contributed by atoms with van der Waals surface area (Å²) in [7, 11) is 0. The van der Waals surface area contributed by atoms with Crippen molar-refractivity contribution in [2.75, 3.05) is 10.6 Å². The number of aromatic nitrogens is 2. The van der Waals surface area contributed by atoms with Crippen molar-refractivity contribution in [3.8, 4) is 0 Å². The zero-order chi connectivity index (χ0) is 30.8. The third kappa shape index (κ3) is 11.9. The second-order valence-electron chi connectivity index (χ2n) is 8.91. The maximum Gasteiger partial charge on any atom is 1.00 e. The minimum Gasteiger partial charge on any atom is -1.00 e. The number of amides is 2. The van der Waals surface area contributed by atoms with Gasteiger partial charge in [0.25, 0.3) is 0 Å². The Labute approximate surface area is 299 Å². The Morgan fingerprint density at radius 3 is 1.55 bits per heavy atom. The van der Waals surface area contributed by atoms with E-state index in [0.29, 0.717) is 33.9 Å². The fourth-order valence-corrected chi connectivity index (χ4v) is 3.53. The van der Waals surface area contributed by atoms with E-state index in [0.717, 1.165) is 0 Å². The Hall–Kier alpha value is -2.81. The van der Waals surface area contributed by atoms with Crippen molar-refractivity contribution < 1.29 is 62.1 Å². The number of carbonyl (C=O) groups excluding carboxylic acids is 3. The molecular weight excluding hydrogens is 712 g/mol. The monoisotopic (exact) mass is 741 g/mol. The molecule has 4 aromatic rings. The predicted octanol–water partition coefficient (Wildman–Crippen LogP) is 3.43. The summed E-state index contributed by atoms with van der Waals surface area (Å²) in [5, 5.41) is 15.4. The largest absolute Gasteiger partial charge is 1.00 e. The van der Waals surface area contributed by atoms with Crippen molar-refractivity contribution in [3.63, 3.8) is 0 Å². The summed E-state index contributed by atoms with van der Waals surface area (Å²) < 4.78 is 25.7. The average Bonchev–Trinajstić information content (AvgIpc) is 2.98. The van der Waals surface area contributed by atoms with Crippen molar-refractivity contribution in [1.29, 1.82) is 0 Å². The number of halogens is 4. The molecule has 227 valence electrons. The number of carbonyl (C=O) groups is 3. The van der Waals surface area contributed by atoms with E-state index in [1.165, 1.54) is 60.9 Å². The summed E-state index contributed by atoms with van der Waals surface area (Å²) in [5.74, 6) is -0.662. The molecule has 0 aliphatic carbocycles. The molecule has 0 fully saturated rings. The molecule has 14 heteroatoms. The molecule has 3 N–H and O–H groups in total. The quantitative estimate of drug-likeness (QED) is 0.145. The molecule has 2 amide bonds. The molecular formula is C30H31BBr2F2N4NaO4. The summed E-state index contributed by atoms with van der Waals surface area (Å²) in [6.45, 7) is 3.41. The minimum absolute atomic E-state index is 0. The first-order valence-corrected chi connectivity index (χ1v) is 14.3. The van der Waals surface area contributed by atoms with E-state index < -0.39 is 11.9 Å². The van der Waals surface area contributed by atoms with E-state index in [1.807, 2.05) is 0 Å². The number of nitrogens with one attached hydrogen (secondary N) is 2. The van der Waals surface area contributed by atoms with Gasteiger partial charge in [-0.3, -0.25) is 14.4 Å². The zero-order valence-electron chi connectivity index (χ0n) is 25.0. The maximum atomic E-state index is 12.9. The number of hydrogen-bond acceptors (Lipinski definition) is 6. The number of hydrogen-bond donors (Lipinski definition) is 3. The van der Waals surface area contributed by atoms with E-state index in [-0.39, 0.29) is 75.3 Å². The number of anilines is 2. The molecule has 0 spiro atoms. The number of aliphatic hydroxyl groups is 1. The van der Waals surface area contributed by atoms with Gasteiger partial charge < -0.3 is 17.2 Å². The Kier molecular flexibility index (Phi) is 16.8. The fourth-order valence-electron chi connectivity index (χ4n) is 3.30.